The van der Waals surface area contributed by atoms with Crippen LogP contribution in [0, 0.1) is 12.3 Å². The molecule has 4 N–H and O–H groups in total. The number of hydrogen-bond acceptors (Lipinski definition) is 8. The van der Waals surface area contributed by atoms with Crippen molar-refractivity contribution >= 4 is 35.2 Å². The Morgan fingerprint density at radius 1 is 0.959 bits per heavy atom. The molecule has 0 saturated carbocycles. The first-order valence-corrected chi connectivity index (χ1v) is 18.4. The van der Waals surface area contributed by atoms with Crippen molar-refractivity contribution in [3.05, 3.63) is 41.0 Å². The molecule has 49 heavy (non-hydrogen) atoms. The van der Waals surface area contributed by atoms with Crippen LogP contribution < -0.4 is 16.0 Å². The molecular weight excluding hydrogens is 643 g/mol. The molecule has 1 fully saturated rings. The number of benzene rings is 1. The van der Waals surface area contributed by atoms with E-state index in [2.05, 4.69) is 20.9 Å². The smallest absolute Gasteiger partial charge is 0.407 e. The van der Waals surface area contributed by atoms with Gasteiger partial charge < -0.3 is 30.7 Å². The Bertz CT molecular complexity index is 1380. The van der Waals surface area contributed by atoms with Crippen LogP contribution in [-0.2, 0) is 25.7 Å². The molecule has 1 aromatic carbocycles. The molecule has 0 spiro atoms. The molecular formula is C37H57N5O6S. The summed E-state index contributed by atoms with van der Waals surface area (Å²) in [5, 5.41) is 19.1. The van der Waals surface area contributed by atoms with E-state index in [1.165, 1.54) is 4.90 Å². The number of unbranched alkanes of at least 4 members (excludes halogenated alkanes) is 6. The molecule has 0 unspecified atom stereocenters. The number of aromatic nitrogens is 1. The van der Waals surface area contributed by atoms with Crippen LogP contribution in [0.2, 0.25) is 0 Å². The fourth-order valence-corrected chi connectivity index (χ4v) is 6.62. The van der Waals surface area contributed by atoms with Gasteiger partial charge in [0.05, 0.1) is 22.2 Å². The van der Waals surface area contributed by atoms with Gasteiger partial charge in [0.1, 0.15) is 17.7 Å². The molecule has 0 bridgehead atoms. The molecule has 1 aromatic heterocycles. The molecule has 1 aliphatic rings. The number of alkyl carbamates (subject to hydrolysis) is 1. The average Bonchev–Trinajstić information content (AvgIpc) is 3.63. The number of β-amino-alcohol motifs (C(OH)–C–C–N with tert-alkyl or cyclic N) is 1. The number of carbonyl (C=O) groups is 4. The number of ether oxygens (including phenoxy) is 1. The first-order chi connectivity index (χ1) is 23.0. The highest BCUT2D eigenvalue weighted by atomic mass is 32.1. The number of thiazole rings is 1. The zero-order valence-electron chi connectivity index (χ0n) is 30.4. The minimum absolute atomic E-state index is 0.0410. The number of rotatable bonds is 16. The highest BCUT2D eigenvalue weighted by Gasteiger charge is 2.44. The molecule has 2 heterocycles. The lowest BCUT2D eigenvalue weighted by atomic mass is 9.85. The molecule has 3 atom stereocenters. The van der Waals surface area contributed by atoms with Gasteiger partial charge in [-0.3, -0.25) is 14.4 Å². The van der Waals surface area contributed by atoms with Gasteiger partial charge in [0.25, 0.3) is 0 Å². The van der Waals surface area contributed by atoms with Crippen molar-refractivity contribution in [2.24, 2.45) is 5.41 Å². The van der Waals surface area contributed by atoms with Crippen molar-refractivity contribution in [1.29, 1.82) is 0 Å². The highest BCUT2D eigenvalue weighted by molar-refractivity contribution is 7.13. The van der Waals surface area contributed by atoms with E-state index < -0.39 is 29.2 Å². The second-order valence-electron chi connectivity index (χ2n) is 15.1. The second kappa shape index (κ2) is 18.5. The minimum atomic E-state index is -0.836. The Kier molecular flexibility index (Phi) is 15.1. The van der Waals surface area contributed by atoms with E-state index in [1.807, 2.05) is 78.2 Å². The Hall–Kier alpha value is -3.51. The zero-order chi connectivity index (χ0) is 36.2. The number of hydrogen-bond donors (Lipinski definition) is 4. The van der Waals surface area contributed by atoms with Gasteiger partial charge in [0.15, 0.2) is 0 Å². The SMILES string of the molecule is Cc1ncsc1-c1ccc(CNC(=O)[C@@H]2C[C@@H](O)CN2C(=O)[C@@H](NC(=O)CCCCCCCCCNC(=O)OC(C)(C)C)C(C)(C)C)cc1. The van der Waals surface area contributed by atoms with E-state index >= 15 is 0 Å². The molecule has 0 aliphatic carbocycles. The van der Waals surface area contributed by atoms with Gasteiger partial charge in [-0.2, -0.15) is 0 Å². The summed E-state index contributed by atoms with van der Waals surface area (Å²) < 4.78 is 5.23. The molecule has 4 amide bonds. The van der Waals surface area contributed by atoms with E-state index in [9.17, 15) is 24.3 Å². The van der Waals surface area contributed by atoms with Gasteiger partial charge in [-0.1, -0.05) is 77.1 Å². The quantitative estimate of drug-likeness (QED) is 0.160. The molecule has 272 valence electrons. The number of aliphatic hydroxyl groups is 1. The predicted octanol–water partition coefficient (Wildman–Crippen LogP) is 5.87. The monoisotopic (exact) mass is 699 g/mol. The van der Waals surface area contributed by atoms with Crippen LogP contribution in [-0.4, -0.2) is 75.7 Å². The fourth-order valence-electron chi connectivity index (χ4n) is 5.81. The van der Waals surface area contributed by atoms with Crippen LogP contribution in [0.25, 0.3) is 10.4 Å². The van der Waals surface area contributed by atoms with Crippen molar-refractivity contribution in [3.63, 3.8) is 0 Å². The number of aryl methyl sites for hydroxylation is 1. The van der Waals surface area contributed by atoms with Crippen LogP contribution >= 0.6 is 11.3 Å². The average molecular weight is 700 g/mol. The number of likely N-dealkylation sites (tertiary alicyclic amines) is 1. The van der Waals surface area contributed by atoms with E-state index in [4.69, 9.17) is 4.74 Å². The summed E-state index contributed by atoms with van der Waals surface area (Å²) in [7, 11) is 0. The summed E-state index contributed by atoms with van der Waals surface area (Å²) in [5.41, 5.74) is 3.69. The van der Waals surface area contributed by atoms with Crippen molar-refractivity contribution in [2.75, 3.05) is 13.1 Å². The third kappa shape index (κ3) is 13.4. The number of nitrogens with zero attached hydrogens (tertiary/aromatic N) is 2. The largest absolute Gasteiger partial charge is 0.444 e. The molecule has 1 aliphatic heterocycles. The summed E-state index contributed by atoms with van der Waals surface area (Å²) in [4.78, 5) is 58.7. The third-order valence-electron chi connectivity index (χ3n) is 8.46. The molecule has 11 nitrogen and oxygen atoms in total. The number of carbonyl (C=O) groups excluding carboxylic acids is 4. The lowest BCUT2D eigenvalue weighted by Gasteiger charge is -2.35. The van der Waals surface area contributed by atoms with Crippen LogP contribution in [0.1, 0.15) is 111 Å². The maximum atomic E-state index is 13.8. The standard InChI is InChI=1S/C37H57N5O6S/c1-25-31(49-24-40-25)27-18-16-26(17-19-27)22-39-33(45)29-21-28(43)23-42(29)34(46)32(36(2,3)4)41-30(44)15-13-11-9-8-10-12-14-20-38-35(47)48-37(5,6)7/h16-19,24,28-29,32,43H,8-15,20-23H2,1-7H3,(H,38,47)(H,39,45)(H,41,44)/t28-,29+,32-/m1/s1. The van der Waals surface area contributed by atoms with E-state index in [0.29, 0.717) is 19.5 Å². The Labute approximate surface area is 296 Å². The van der Waals surface area contributed by atoms with Crippen molar-refractivity contribution in [1.82, 2.24) is 25.8 Å². The maximum Gasteiger partial charge on any atom is 0.407 e. The van der Waals surface area contributed by atoms with Gasteiger partial charge >= 0.3 is 6.09 Å². The minimum Gasteiger partial charge on any atom is -0.444 e. The lowest BCUT2D eigenvalue weighted by molar-refractivity contribution is -0.144. The maximum absolute atomic E-state index is 13.8. The predicted molar refractivity (Wildman–Crippen MR) is 193 cm³/mol. The van der Waals surface area contributed by atoms with Gasteiger partial charge in [-0.05, 0) is 57.1 Å². The molecule has 12 heteroatoms. The van der Waals surface area contributed by atoms with E-state index in [1.54, 1.807) is 11.3 Å². The molecule has 3 rings (SSSR count). The first kappa shape index (κ1) is 39.9. The third-order valence-corrected chi connectivity index (χ3v) is 9.44. The van der Waals surface area contributed by atoms with E-state index in [-0.39, 0.29) is 36.8 Å². The van der Waals surface area contributed by atoms with Crippen LogP contribution in [0.4, 0.5) is 4.79 Å². The highest BCUT2D eigenvalue weighted by Crippen LogP contribution is 2.28. The summed E-state index contributed by atoms with van der Waals surface area (Å²) in [6.07, 6.45) is 5.89. The van der Waals surface area contributed by atoms with Crippen LogP contribution in [0.15, 0.2) is 29.8 Å². The second-order valence-corrected chi connectivity index (χ2v) is 16.0. The Morgan fingerprint density at radius 2 is 1.59 bits per heavy atom. The summed E-state index contributed by atoms with van der Waals surface area (Å²) in [5.74, 6) is -0.882. The fraction of sp³-hybridized carbons (Fsp3) is 0.649. The van der Waals surface area contributed by atoms with Gasteiger partial charge in [0, 0.05) is 32.5 Å². The number of aliphatic hydroxyl groups excluding tert-OH is 1. The summed E-state index contributed by atoms with van der Waals surface area (Å²) in [6, 6.07) is 6.27. The molecule has 2 aromatic rings. The van der Waals surface area contributed by atoms with Gasteiger partial charge in [-0.25, -0.2) is 9.78 Å². The van der Waals surface area contributed by atoms with Crippen molar-refractivity contribution < 1.29 is 29.0 Å². The number of nitrogens with one attached hydrogen (secondary N) is 3. The van der Waals surface area contributed by atoms with E-state index in [0.717, 1.165) is 66.6 Å². The van der Waals surface area contributed by atoms with Crippen LogP contribution in [0.5, 0.6) is 0 Å². The number of amides is 4. The first-order valence-electron chi connectivity index (χ1n) is 17.6. The molecule has 0 radical (unpaired) electrons. The van der Waals surface area contributed by atoms with Crippen molar-refractivity contribution in [3.8, 4) is 10.4 Å². The molecule has 1 saturated heterocycles. The topological polar surface area (TPSA) is 150 Å². The van der Waals surface area contributed by atoms with Crippen LogP contribution in [0.3, 0.4) is 0 Å². The van der Waals surface area contributed by atoms with Gasteiger partial charge in [-0.15, -0.1) is 11.3 Å². The van der Waals surface area contributed by atoms with Crippen molar-refractivity contribution in [2.45, 2.75) is 137 Å². The normalized spacial score (nSPS) is 17.0. The Morgan fingerprint density at radius 3 is 2.18 bits per heavy atom. The lowest BCUT2D eigenvalue weighted by Crippen LogP contribution is -2.57. The summed E-state index contributed by atoms with van der Waals surface area (Å²) in [6.45, 7) is 14.1. The Balaban J connectivity index is 1.41. The van der Waals surface area contributed by atoms with Gasteiger partial charge in [0.2, 0.25) is 17.7 Å². The summed E-state index contributed by atoms with van der Waals surface area (Å²) >= 11 is 1.58. The zero-order valence-corrected chi connectivity index (χ0v) is 31.2.